The number of carbonyl (C=O) groups excluding carboxylic acids is 2. The molecule has 150 valence electrons. The minimum atomic E-state index is -0.412. The number of hydrogen-bond acceptors (Lipinski definition) is 5. The lowest BCUT2D eigenvalue weighted by atomic mass is 10.1. The molecule has 0 saturated carbocycles. The number of esters is 1. The minimum absolute atomic E-state index is 0.124. The fourth-order valence-electron chi connectivity index (χ4n) is 3.58. The number of aromatic nitrogens is 1. The van der Waals surface area contributed by atoms with Gasteiger partial charge in [-0.05, 0) is 45.4 Å². The lowest BCUT2D eigenvalue weighted by Crippen LogP contribution is -2.49. The standard InChI is InChI=1S/C21H27N3O4/c1-13(2)28-21(27)18-14(3)19(22-15(18)4)20(26)24-11-9-23(10-12-24)16-7-5-6-8-17(16)25/h5-8,13,22,25H,9-12H2,1-4H3. The summed E-state index contributed by atoms with van der Waals surface area (Å²) in [5.74, 6) is -0.294. The Morgan fingerprint density at radius 2 is 1.75 bits per heavy atom. The number of aromatic amines is 1. The first kappa shape index (κ1) is 19.8. The van der Waals surface area contributed by atoms with E-state index in [0.29, 0.717) is 48.7 Å². The normalized spacial score (nSPS) is 14.5. The Balaban J connectivity index is 1.72. The number of aryl methyl sites for hydroxylation is 1. The number of phenolic OH excluding ortho intramolecular Hbond substituents is 1. The number of carbonyl (C=O) groups is 2. The molecular formula is C21H27N3O4. The predicted octanol–water partition coefficient (Wildman–Crippen LogP) is 2.86. The van der Waals surface area contributed by atoms with Gasteiger partial charge in [0.1, 0.15) is 11.4 Å². The number of nitrogens with one attached hydrogen (secondary N) is 1. The molecule has 0 unspecified atom stereocenters. The maximum atomic E-state index is 13.0. The molecule has 7 nitrogen and oxygen atoms in total. The van der Waals surface area contributed by atoms with Crippen LogP contribution in [0.25, 0.3) is 0 Å². The molecule has 1 aliphatic heterocycles. The zero-order chi connectivity index (χ0) is 20.4. The first-order valence-corrected chi connectivity index (χ1v) is 9.52. The van der Waals surface area contributed by atoms with Crippen molar-refractivity contribution < 1.29 is 19.4 Å². The van der Waals surface area contributed by atoms with Crippen LogP contribution in [0.4, 0.5) is 5.69 Å². The summed E-state index contributed by atoms with van der Waals surface area (Å²) in [6, 6.07) is 7.21. The maximum Gasteiger partial charge on any atom is 0.340 e. The van der Waals surface area contributed by atoms with Gasteiger partial charge in [-0.15, -0.1) is 0 Å². The average Bonchev–Trinajstić information content (AvgIpc) is 2.95. The van der Waals surface area contributed by atoms with E-state index in [1.807, 2.05) is 12.1 Å². The summed E-state index contributed by atoms with van der Waals surface area (Å²) in [6.45, 7) is 9.47. The van der Waals surface area contributed by atoms with Crippen LogP contribution < -0.4 is 4.90 Å². The van der Waals surface area contributed by atoms with Crippen molar-refractivity contribution in [2.45, 2.75) is 33.8 Å². The van der Waals surface area contributed by atoms with Gasteiger partial charge < -0.3 is 24.6 Å². The zero-order valence-electron chi connectivity index (χ0n) is 16.8. The second-order valence-electron chi connectivity index (χ2n) is 7.35. The van der Waals surface area contributed by atoms with Crippen LogP contribution in [0.1, 0.15) is 46.0 Å². The van der Waals surface area contributed by atoms with Crippen molar-refractivity contribution in [1.82, 2.24) is 9.88 Å². The molecule has 2 N–H and O–H groups in total. The maximum absolute atomic E-state index is 13.0. The average molecular weight is 385 g/mol. The molecule has 0 spiro atoms. The summed E-state index contributed by atoms with van der Waals surface area (Å²) in [4.78, 5) is 32.3. The molecular weight excluding hydrogens is 358 g/mol. The SMILES string of the molecule is Cc1[nH]c(C(=O)N2CCN(c3ccccc3O)CC2)c(C)c1C(=O)OC(C)C. The second-order valence-corrected chi connectivity index (χ2v) is 7.35. The van der Waals surface area contributed by atoms with E-state index in [1.54, 1.807) is 44.7 Å². The highest BCUT2D eigenvalue weighted by Crippen LogP contribution is 2.28. The van der Waals surface area contributed by atoms with E-state index >= 15 is 0 Å². The van der Waals surface area contributed by atoms with Crippen LogP contribution in [-0.4, -0.2) is 59.1 Å². The fraction of sp³-hybridized carbons (Fsp3) is 0.429. The third kappa shape index (κ3) is 3.83. The molecule has 2 heterocycles. The molecule has 1 aromatic carbocycles. The largest absolute Gasteiger partial charge is 0.506 e. The van der Waals surface area contributed by atoms with Crippen LogP contribution >= 0.6 is 0 Å². The van der Waals surface area contributed by atoms with Gasteiger partial charge in [-0.3, -0.25) is 4.79 Å². The summed E-state index contributed by atoms with van der Waals surface area (Å²) in [6.07, 6.45) is -0.220. The summed E-state index contributed by atoms with van der Waals surface area (Å²) in [5, 5.41) is 10.0. The van der Waals surface area contributed by atoms with E-state index in [0.717, 1.165) is 5.69 Å². The van der Waals surface area contributed by atoms with Gasteiger partial charge in [0.2, 0.25) is 0 Å². The van der Waals surface area contributed by atoms with E-state index in [4.69, 9.17) is 4.74 Å². The number of nitrogens with zero attached hydrogens (tertiary/aromatic N) is 2. The highest BCUT2D eigenvalue weighted by molar-refractivity contribution is 6.00. The zero-order valence-corrected chi connectivity index (χ0v) is 16.8. The molecule has 1 aliphatic rings. The summed E-state index contributed by atoms with van der Waals surface area (Å²) in [5.41, 5.74) is 2.91. The highest BCUT2D eigenvalue weighted by Gasteiger charge is 2.28. The van der Waals surface area contributed by atoms with Crippen LogP contribution in [0.5, 0.6) is 5.75 Å². The number of piperazine rings is 1. The summed E-state index contributed by atoms with van der Waals surface area (Å²) >= 11 is 0. The van der Waals surface area contributed by atoms with Crippen LogP contribution in [0.2, 0.25) is 0 Å². The van der Waals surface area contributed by atoms with Crippen molar-refractivity contribution in [3.8, 4) is 5.75 Å². The molecule has 0 aliphatic carbocycles. The Bertz CT molecular complexity index is 880. The quantitative estimate of drug-likeness (QED) is 0.791. The number of para-hydroxylation sites is 2. The number of ether oxygens (including phenoxy) is 1. The number of hydrogen-bond donors (Lipinski definition) is 2. The van der Waals surface area contributed by atoms with Gasteiger partial charge in [-0.1, -0.05) is 12.1 Å². The van der Waals surface area contributed by atoms with Crippen LogP contribution in [0.3, 0.4) is 0 Å². The second kappa shape index (κ2) is 7.96. The van der Waals surface area contributed by atoms with Crippen molar-refractivity contribution in [2.75, 3.05) is 31.1 Å². The molecule has 1 amide bonds. The van der Waals surface area contributed by atoms with Gasteiger partial charge in [0.05, 0.1) is 17.4 Å². The Morgan fingerprint density at radius 1 is 1.11 bits per heavy atom. The minimum Gasteiger partial charge on any atom is -0.506 e. The topological polar surface area (TPSA) is 85.9 Å². The predicted molar refractivity (Wildman–Crippen MR) is 107 cm³/mol. The van der Waals surface area contributed by atoms with Crippen LogP contribution in [-0.2, 0) is 4.74 Å². The molecule has 1 aromatic heterocycles. The monoisotopic (exact) mass is 385 g/mol. The molecule has 0 bridgehead atoms. The lowest BCUT2D eigenvalue weighted by molar-refractivity contribution is 0.0376. The number of rotatable bonds is 4. The van der Waals surface area contributed by atoms with E-state index in [1.165, 1.54) is 0 Å². The number of anilines is 1. The van der Waals surface area contributed by atoms with Gasteiger partial charge in [-0.2, -0.15) is 0 Å². The number of benzene rings is 1. The van der Waals surface area contributed by atoms with Gasteiger partial charge in [0.15, 0.2) is 0 Å². The van der Waals surface area contributed by atoms with Crippen molar-refractivity contribution >= 4 is 17.6 Å². The van der Waals surface area contributed by atoms with Crippen LogP contribution in [0, 0.1) is 13.8 Å². The molecule has 2 aromatic rings. The number of aromatic hydroxyl groups is 1. The Kier molecular flexibility index (Phi) is 5.63. The van der Waals surface area contributed by atoms with E-state index in [2.05, 4.69) is 9.88 Å². The van der Waals surface area contributed by atoms with E-state index in [-0.39, 0.29) is 17.8 Å². The first-order valence-electron chi connectivity index (χ1n) is 9.52. The Hall–Kier alpha value is -2.96. The van der Waals surface area contributed by atoms with Crippen LogP contribution in [0.15, 0.2) is 24.3 Å². The highest BCUT2D eigenvalue weighted by atomic mass is 16.5. The number of phenols is 1. The molecule has 0 atom stereocenters. The van der Waals surface area contributed by atoms with Gasteiger partial charge >= 0.3 is 5.97 Å². The summed E-state index contributed by atoms with van der Waals surface area (Å²) < 4.78 is 5.30. The van der Waals surface area contributed by atoms with E-state index < -0.39 is 5.97 Å². The van der Waals surface area contributed by atoms with E-state index in [9.17, 15) is 14.7 Å². The Morgan fingerprint density at radius 3 is 2.36 bits per heavy atom. The molecule has 3 rings (SSSR count). The number of H-pyrrole nitrogens is 1. The van der Waals surface area contributed by atoms with Crippen molar-refractivity contribution in [2.24, 2.45) is 0 Å². The first-order chi connectivity index (χ1) is 13.3. The Labute approximate surface area is 164 Å². The molecule has 0 radical (unpaired) electrons. The number of amides is 1. The molecule has 1 fully saturated rings. The third-order valence-electron chi connectivity index (χ3n) is 4.99. The van der Waals surface area contributed by atoms with Gasteiger partial charge in [0, 0.05) is 31.9 Å². The molecule has 28 heavy (non-hydrogen) atoms. The van der Waals surface area contributed by atoms with Crippen molar-refractivity contribution in [1.29, 1.82) is 0 Å². The fourth-order valence-corrected chi connectivity index (χ4v) is 3.58. The third-order valence-corrected chi connectivity index (χ3v) is 4.99. The lowest BCUT2D eigenvalue weighted by Gasteiger charge is -2.36. The van der Waals surface area contributed by atoms with Crippen molar-refractivity contribution in [3.05, 3.63) is 46.8 Å². The molecule has 1 saturated heterocycles. The van der Waals surface area contributed by atoms with Gasteiger partial charge in [-0.25, -0.2) is 4.79 Å². The molecule has 7 heteroatoms. The summed E-state index contributed by atoms with van der Waals surface area (Å²) in [7, 11) is 0. The van der Waals surface area contributed by atoms with Gasteiger partial charge in [0.25, 0.3) is 5.91 Å². The smallest absolute Gasteiger partial charge is 0.340 e. The van der Waals surface area contributed by atoms with Crippen molar-refractivity contribution in [3.63, 3.8) is 0 Å².